The highest BCUT2D eigenvalue weighted by Gasteiger charge is 2.21. The molecule has 0 atom stereocenters. The zero-order chi connectivity index (χ0) is 21.9. The highest BCUT2D eigenvalue weighted by Crippen LogP contribution is 2.23. The number of halogens is 1. The number of benzene rings is 3. The van der Waals surface area contributed by atoms with E-state index in [1.165, 1.54) is 11.4 Å². The summed E-state index contributed by atoms with van der Waals surface area (Å²) in [6, 6.07) is 20.6. The van der Waals surface area contributed by atoms with E-state index in [0.29, 0.717) is 22.8 Å². The summed E-state index contributed by atoms with van der Waals surface area (Å²) in [5.74, 6) is -0.162. The molecule has 0 aliphatic rings. The fourth-order valence-electron chi connectivity index (χ4n) is 3.02. The molecule has 0 heterocycles. The minimum Gasteiger partial charge on any atom is -0.337 e. The monoisotopic (exact) mass is 442 g/mol. The molecule has 0 aromatic heterocycles. The molecule has 0 saturated heterocycles. The fourth-order valence-corrected chi connectivity index (χ4v) is 4.43. The summed E-state index contributed by atoms with van der Waals surface area (Å²) in [6.07, 6.45) is 0. The van der Waals surface area contributed by atoms with Crippen molar-refractivity contribution in [2.45, 2.75) is 18.4 Å². The summed E-state index contributed by atoms with van der Waals surface area (Å²) in [7, 11) is -0.467. The number of aryl methyl sites for hydroxylation is 1. The molecule has 0 radical (unpaired) electrons. The zero-order valence-electron chi connectivity index (χ0n) is 17.0. The van der Waals surface area contributed by atoms with E-state index in [1.807, 2.05) is 25.1 Å². The maximum Gasteiger partial charge on any atom is 0.264 e. The molecule has 0 unspecified atom stereocenters. The Balaban J connectivity index is 1.75. The van der Waals surface area contributed by atoms with Crippen LogP contribution < -0.4 is 4.31 Å². The van der Waals surface area contributed by atoms with E-state index in [0.717, 1.165) is 11.1 Å². The topological polar surface area (TPSA) is 57.7 Å². The first-order valence-electron chi connectivity index (χ1n) is 9.34. The van der Waals surface area contributed by atoms with Crippen LogP contribution in [0.4, 0.5) is 5.69 Å². The maximum absolute atomic E-state index is 12.8. The van der Waals surface area contributed by atoms with Crippen LogP contribution in [0.2, 0.25) is 5.02 Å². The van der Waals surface area contributed by atoms with E-state index in [9.17, 15) is 13.2 Å². The Bertz CT molecular complexity index is 1140. The minimum atomic E-state index is -3.68. The molecule has 0 saturated carbocycles. The Morgan fingerprint density at radius 3 is 2.17 bits per heavy atom. The number of sulfonamides is 1. The number of hydrogen-bond acceptors (Lipinski definition) is 3. The smallest absolute Gasteiger partial charge is 0.264 e. The highest BCUT2D eigenvalue weighted by molar-refractivity contribution is 7.92. The molecule has 1 amide bonds. The Morgan fingerprint density at radius 2 is 1.57 bits per heavy atom. The number of carbonyl (C=O) groups excluding carboxylic acids is 1. The van der Waals surface area contributed by atoms with Gasteiger partial charge in [0.1, 0.15) is 0 Å². The van der Waals surface area contributed by atoms with Gasteiger partial charge >= 0.3 is 0 Å². The predicted molar refractivity (Wildman–Crippen MR) is 120 cm³/mol. The van der Waals surface area contributed by atoms with E-state index in [1.54, 1.807) is 66.5 Å². The Labute approximate surface area is 182 Å². The van der Waals surface area contributed by atoms with Crippen molar-refractivity contribution in [1.82, 2.24) is 4.90 Å². The van der Waals surface area contributed by atoms with Crippen molar-refractivity contribution in [3.05, 3.63) is 94.5 Å². The average Bonchev–Trinajstić information content (AvgIpc) is 2.73. The average molecular weight is 443 g/mol. The normalized spacial score (nSPS) is 11.2. The number of hydrogen-bond donors (Lipinski definition) is 0. The summed E-state index contributed by atoms with van der Waals surface area (Å²) >= 11 is 6.00. The number of carbonyl (C=O) groups is 1. The van der Waals surface area contributed by atoms with Crippen molar-refractivity contribution in [2.24, 2.45) is 0 Å². The summed E-state index contributed by atoms with van der Waals surface area (Å²) in [4.78, 5) is 14.5. The molecule has 0 aliphatic carbocycles. The number of amides is 1. The van der Waals surface area contributed by atoms with Crippen LogP contribution in [0.5, 0.6) is 0 Å². The molecule has 0 fully saturated rings. The van der Waals surface area contributed by atoms with Crippen molar-refractivity contribution in [2.75, 3.05) is 18.4 Å². The van der Waals surface area contributed by atoms with Crippen LogP contribution in [0, 0.1) is 6.92 Å². The maximum atomic E-state index is 12.8. The van der Waals surface area contributed by atoms with Gasteiger partial charge in [0.15, 0.2) is 0 Å². The largest absolute Gasteiger partial charge is 0.337 e. The van der Waals surface area contributed by atoms with E-state index in [2.05, 4.69) is 0 Å². The van der Waals surface area contributed by atoms with Crippen LogP contribution in [0.3, 0.4) is 0 Å². The summed E-state index contributed by atoms with van der Waals surface area (Å²) < 4.78 is 26.9. The first-order valence-corrected chi connectivity index (χ1v) is 11.2. The van der Waals surface area contributed by atoms with Crippen LogP contribution in [0.15, 0.2) is 77.7 Å². The molecule has 3 rings (SSSR count). The second-order valence-electron chi connectivity index (χ2n) is 7.12. The van der Waals surface area contributed by atoms with Gasteiger partial charge in [0.2, 0.25) is 0 Å². The first kappa shape index (κ1) is 21.9. The third-order valence-corrected chi connectivity index (χ3v) is 6.85. The van der Waals surface area contributed by atoms with Gasteiger partial charge in [-0.25, -0.2) is 8.42 Å². The van der Waals surface area contributed by atoms with Gasteiger partial charge in [0, 0.05) is 31.2 Å². The third-order valence-electron chi connectivity index (χ3n) is 4.81. The SMILES string of the molecule is Cc1ccc(S(=O)(=O)N(C)c2ccc(C(=O)N(C)Cc3cccc(Cl)c3)cc2)cc1. The predicted octanol–water partition coefficient (Wildman–Crippen LogP) is 4.75. The Kier molecular flexibility index (Phi) is 6.48. The molecule has 0 aliphatic heterocycles. The van der Waals surface area contributed by atoms with Crippen LogP contribution in [-0.4, -0.2) is 33.3 Å². The molecular formula is C23H23ClN2O3S. The Hall–Kier alpha value is -2.83. The number of nitrogens with zero attached hydrogens (tertiary/aromatic N) is 2. The van der Waals surface area contributed by atoms with Gasteiger partial charge in [-0.2, -0.15) is 0 Å². The zero-order valence-corrected chi connectivity index (χ0v) is 18.6. The highest BCUT2D eigenvalue weighted by atomic mass is 35.5. The van der Waals surface area contributed by atoms with E-state index in [4.69, 9.17) is 11.6 Å². The molecule has 0 N–H and O–H groups in total. The number of anilines is 1. The van der Waals surface area contributed by atoms with Gasteiger partial charge in [-0.3, -0.25) is 9.10 Å². The lowest BCUT2D eigenvalue weighted by Crippen LogP contribution is -2.27. The van der Waals surface area contributed by atoms with Gasteiger partial charge in [0.05, 0.1) is 10.6 Å². The minimum absolute atomic E-state index is 0.162. The van der Waals surface area contributed by atoms with Gasteiger partial charge in [-0.1, -0.05) is 41.4 Å². The van der Waals surface area contributed by atoms with E-state index < -0.39 is 10.0 Å². The molecule has 3 aromatic carbocycles. The molecule has 3 aromatic rings. The molecule has 156 valence electrons. The summed E-state index contributed by atoms with van der Waals surface area (Å²) in [5, 5.41) is 0.621. The first-order chi connectivity index (χ1) is 14.2. The van der Waals surface area contributed by atoms with E-state index >= 15 is 0 Å². The van der Waals surface area contributed by atoms with Crippen LogP contribution in [0.1, 0.15) is 21.5 Å². The van der Waals surface area contributed by atoms with Crippen molar-refractivity contribution in [3.63, 3.8) is 0 Å². The molecule has 5 nitrogen and oxygen atoms in total. The molecule has 7 heteroatoms. The molecule has 0 spiro atoms. The lowest BCUT2D eigenvalue weighted by Gasteiger charge is -2.21. The van der Waals surface area contributed by atoms with Crippen molar-refractivity contribution >= 4 is 33.2 Å². The van der Waals surface area contributed by atoms with Crippen molar-refractivity contribution < 1.29 is 13.2 Å². The van der Waals surface area contributed by atoms with Crippen LogP contribution in [-0.2, 0) is 16.6 Å². The van der Waals surface area contributed by atoms with E-state index in [-0.39, 0.29) is 10.8 Å². The van der Waals surface area contributed by atoms with Crippen molar-refractivity contribution in [3.8, 4) is 0 Å². The van der Waals surface area contributed by atoms with Gasteiger partial charge in [-0.05, 0) is 61.0 Å². The molecular weight excluding hydrogens is 420 g/mol. The molecule has 30 heavy (non-hydrogen) atoms. The lowest BCUT2D eigenvalue weighted by atomic mass is 10.1. The fraction of sp³-hybridized carbons (Fsp3) is 0.174. The van der Waals surface area contributed by atoms with Crippen LogP contribution in [0.25, 0.3) is 0 Å². The standard InChI is InChI=1S/C23H23ClN2O3S/c1-17-7-13-22(14-8-17)30(28,29)26(3)21-11-9-19(10-12-21)23(27)25(2)16-18-5-4-6-20(24)15-18/h4-15H,16H2,1-3H3. The quantitative estimate of drug-likeness (QED) is 0.553. The lowest BCUT2D eigenvalue weighted by molar-refractivity contribution is 0.0785. The van der Waals surface area contributed by atoms with Gasteiger partial charge in [0.25, 0.3) is 15.9 Å². The second-order valence-corrected chi connectivity index (χ2v) is 9.53. The van der Waals surface area contributed by atoms with Crippen LogP contribution >= 0.6 is 11.6 Å². The third kappa shape index (κ3) is 4.83. The number of rotatable bonds is 6. The van der Waals surface area contributed by atoms with Gasteiger partial charge in [-0.15, -0.1) is 0 Å². The van der Waals surface area contributed by atoms with Gasteiger partial charge < -0.3 is 4.90 Å². The Morgan fingerprint density at radius 1 is 0.933 bits per heavy atom. The second kappa shape index (κ2) is 8.90. The summed E-state index contributed by atoms with van der Waals surface area (Å²) in [5.41, 5.74) is 2.87. The van der Waals surface area contributed by atoms with Crippen molar-refractivity contribution in [1.29, 1.82) is 0 Å². The summed E-state index contributed by atoms with van der Waals surface area (Å²) in [6.45, 7) is 2.32. The molecule has 0 bridgehead atoms.